The maximum absolute atomic E-state index is 14.2. The number of nitrogens with zero attached hydrogens (tertiary/aromatic N) is 3. The van der Waals surface area contributed by atoms with Crippen LogP contribution in [0.2, 0.25) is 10.0 Å². The number of nitrogens with one attached hydrogen (secondary N) is 1. The number of carbonyl (C=O) groups is 2. The van der Waals surface area contributed by atoms with Crippen molar-refractivity contribution >= 4 is 35.0 Å². The lowest BCUT2D eigenvalue weighted by Gasteiger charge is -2.29. The first kappa shape index (κ1) is 29.6. The van der Waals surface area contributed by atoms with Gasteiger partial charge in [0.25, 0.3) is 0 Å². The van der Waals surface area contributed by atoms with E-state index in [2.05, 4.69) is 5.32 Å². The molecule has 2 saturated heterocycles. The molecule has 2 heterocycles. The first-order valence-electron chi connectivity index (χ1n) is 12.6. The number of hydrogen-bond acceptors (Lipinski definition) is 4. The Morgan fingerprint density at radius 2 is 1.82 bits per heavy atom. The summed E-state index contributed by atoms with van der Waals surface area (Å²) in [5.74, 6) is -1.63. The van der Waals surface area contributed by atoms with Gasteiger partial charge in [-0.15, -0.1) is 0 Å². The van der Waals surface area contributed by atoms with Crippen LogP contribution >= 0.6 is 23.2 Å². The molecule has 3 atom stereocenters. The highest BCUT2D eigenvalue weighted by molar-refractivity contribution is 6.42. The zero-order valence-electron chi connectivity index (χ0n) is 21.6. The summed E-state index contributed by atoms with van der Waals surface area (Å²) in [4.78, 5) is 30.4. The molecule has 6 nitrogen and oxygen atoms in total. The Morgan fingerprint density at radius 3 is 2.46 bits per heavy atom. The van der Waals surface area contributed by atoms with E-state index < -0.39 is 17.6 Å². The van der Waals surface area contributed by atoms with E-state index in [4.69, 9.17) is 23.2 Å². The fourth-order valence-corrected chi connectivity index (χ4v) is 5.78. The van der Waals surface area contributed by atoms with E-state index in [1.807, 2.05) is 15.9 Å². The second-order valence-corrected chi connectivity index (χ2v) is 11.1. The second kappa shape index (κ2) is 12.0. The molecule has 0 bridgehead atoms. The molecule has 2 aromatic carbocycles. The van der Waals surface area contributed by atoms with E-state index in [0.717, 1.165) is 24.1 Å². The molecule has 4 rings (SSSR count). The molecule has 2 aliphatic heterocycles. The van der Waals surface area contributed by atoms with Crippen LogP contribution in [0.3, 0.4) is 0 Å². The molecular weight excluding hydrogens is 559 g/mol. The predicted octanol–water partition coefficient (Wildman–Crippen LogP) is 4.79. The zero-order valence-corrected chi connectivity index (χ0v) is 23.1. The SMILES string of the molecule is CC(=O)N[C@@H]1CCN(CC(=O)N2CC(c3ccc(Cl)c(Cl)c3)C(N(C)Cc3ccc(C(F)(F)F)c(F)c3)C2)C1. The molecule has 2 unspecified atom stereocenters. The minimum absolute atomic E-state index is 0.0147. The maximum atomic E-state index is 14.2. The summed E-state index contributed by atoms with van der Waals surface area (Å²) in [6.45, 7) is 3.95. The van der Waals surface area contributed by atoms with Gasteiger partial charge in [0.2, 0.25) is 11.8 Å². The van der Waals surface area contributed by atoms with Crippen LogP contribution in [0.1, 0.15) is 36.0 Å². The van der Waals surface area contributed by atoms with Crippen molar-refractivity contribution in [3.05, 3.63) is 69.0 Å². The summed E-state index contributed by atoms with van der Waals surface area (Å²) in [5.41, 5.74) is -0.0355. The Kier molecular flexibility index (Phi) is 9.10. The fraction of sp³-hybridized carbons (Fsp3) is 0.481. The number of carbonyl (C=O) groups excluding carboxylic acids is 2. The largest absolute Gasteiger partial charge is 0.419 e. The molecule has 2 aliphatic rings. The van der Waals surface area contributed by atoms with Crippen LogP contribution in [-0.2, 0) is 22.3 Å². The average Bonchev–Trinajstić information content (AvgIpc) is 3.47. The number of amides is 2. The topological polar surface area (TPSA) is 55.9 Å². The molecule has 1 N–H and O–H groups in total. The molecular formula is C27H30Cl2F4N4O2. The summed E-state index contributed by atoms with van der Waals surface area (Å²) in [6.07, 6.45) is -3.99. The molecule has 0 radical (unpaired) electrons. The van der Waals surface area contributed by atoms with E-state index in [1.165, 1.54) is 13.0 Å². The summed E-state index contributed by atoms with van der Waals surface area (Å²) in [6, 6.07) is 8.05. The van der Waals surface area contributed by atoms with Crippen LogP contribution in [-0.4, -0.2) is 78.4 Å². The monoisotopic (exact) mass is 588 g/mol. The van der Waals surface area contributed by atoms with E-state index in [0.29, 0.717) is 41.8 Å². The molecule has 2 aromatic rings. The van der Waals surface area contributed by atoms with Gasteiger partial charge in [0.1, 0.15) is 5.82 Å². The molecule has 12 heteroatoms. The molecule has 212 valence electrons. The fourth-order valence-electron chi connectivity index (χ4n) is 5.47. The summed E-state index contributed by atoms with van der Waals surface area (Å²) >= 11 is 12.4. The highest BCUT2D eigenvalue weighted by atomic mass is 35.5. The van der Waals surface area contributed by atoms with Crippen molar-refractivity contribution in [2.45, 2.75) is 44.1 Å². The minimum atomic E-state index is -4.77. The van der Waals surface area contributed by atoms with Gasteiger partial charge >= 0.3 is 6.18 Å². The lowest BCUT2D eigenvalue weighted by molar-refractivity contribution is -0.140. The minimum Gasteiger partial charge on any atom is -0.352 e. The third-order valence-corrected chi connectivity index (χ3v) is 8.13. The van der Waals surface area contributed by atoms with Crippen LogP contribution in [0.5, 0.6) is 0 Å². The molecule has 0 spiro atoms. The van der Waals surface area contributed by atoms with Gasteiger partial charge in [0.15, 0.2) is 0 Å². The van der Waals surface area contributed by atoms with Gasteiger partial charge in [-0.2, -0.15) is 13.2 Å². The van der Waals surface area contributed by atoms with Crippen LogP contribution in [0.4, 0.5) is 17.6 Å². The number of rotatable bonds is 7. The number of likely N-dealkylation sites (N-methyl/N-ethyl adjacent to an activating group) is 1. The smallest absolute Gasteiger partial charge is 0.352 e. The Bertz CT molecular complexity index is 1230. The van der Waals surface area contributed by atoms with E-state index >= 15 is 0 Å². The highest BCUT2D eigenvalue weighted by Gasteiger charge is 2.40. The molecule has 0 saturated carbocycles. The number of benzene rings is 2. The normalized spacial score (nSPS) is 22.1. The van der Waals surface area contributed by atoms with Gasteiger partial charge in [-0.3, -0.25) is 19.4 Å². The first-order chi connectivity index (χ1) is 18.3. The van der Waals surface area contributed by atoms with Gasteiger partial charge < -0.3 is 10.2 Å². The summed E-state index contributed by atoms with van der Waals surface area (Å²) < 4.78 is 53.2. The Balaban J connectivity index is 1.50. The van der Waals surface area contributed by atoms with Crippen LogP contribution in [0.15, 0.2) is 36.4 Å². The maximum Gasteiger partial charge on any atom is 0.419 e. The number of halogens is 6. The number of alkyl halides is 3. The average molecular weight is 589 g/mol. The van der Waals surface area contributed by atoms with Crippen LogP contribution in [0.25, 0.3) is 0 Å². The van der Waals surface area contributed by atoms with Crippen molar-refractivity contribution in [2.24, 2.45) is 0 Å². The van der Waals surface area contributed by atoms with Crippen molar-refractivity contribution in [3.63, 3.8) is 0 Å². The quantitative estimate of drug-likeness (QED) is 0.473. The van der Waals surface area contributed by atoms with Crippen molar-refractivity contribution < 1.29 is 27.2 Å². The number of hydrogen-bond donors (Lipinski definition) is 1. The molecule has 2 amide bonds. The van der Waals surface area contributed by atoms with E-state index in [-0.39, 0.29) is 42.9 Å². The molecule has 0 aliphatic carbocycles. The lowest BCUT2D eigenvalue weighted by atomic mass is 9.93. The lowest BCUT2D eigenvalue weighted by Crippen LogP contribution is -2.42. The summed E-state index contributed by atoms with van der Waals surface area (Å²) in [7, 11) is 1.80. The Labute approximate surface area is 234 Å². The Morgan fingerprint density at radius 1 is 1.08 bits per heavy atom. The predicted molar refractivity (Wildman–Crippen MR) is 141 cm³/mol. The van der Waals surface area contributed by atoms with E-state index in [1.54, 1.807) is 24.1 Å². The standard InChI is InChI=1S/C27H30Cl2F4N4O2/c1-16(38)34-19-7-8-36(12-19)15-26(39)37-13-20(18-4-6-22(28)23(29)10-18)25(14-37)35(2)11-17-3-5-21(24(30)9-17)27(31,32)33/h3-6,9-10,19-20,25H,7-8,11-15H2,1-2H3,(H,34,38)/t19-,20?,25?/m1/s1. The number of likely N-dealkylation sites (tertiary alicyclic amines) is 2. The third-order valence-electron chi connectivity index (χ3n) is 7.39. The highest BCUT2D eigenvalue weighted by Crippen LogP contribution is 2.36. The zero-order chi connectivity index (χ0) is 28.5. The third kappa shape index (κ3) is 7.22. The van der Waals surface area contributed by atoms with Crippen LogP contribution < -0.4 is 5.32 Å². The first-order valence-corrected chi connectivity index (χ1v) is 13.4. The molecule has 0 aromatic heterocycles. The molecule has 2 fully saturated rings. The van der Waals surface area contributed by atoms with Crippen molar-refractivity contribution in [2.75, 3.05) is 39.8 Å². The summed E-state index contributed by atoms with van der Waals surface area (Å²) in [5, 5.41) is 3.67. The molecule has 39 heavy (non-hydrogen) atoms. The van der Waals surface area contributed by atoms with Crippen molar-refractivity contribution in [1.29, 1.82) is 0 Å². The Hall–Kier alpha value is -2.40. The van der Waals surface area contributed by atoms with E-state index in [9.17, 15) is 27.2 Å². The van der Waals surface area contributed by atoms with Crippen molar-refractivity contribution in [1.82, 2.24) is 20.0 Å². The van der Waals surface area contributed by atoms with Gasteiger partial charge in [0, 0.05) is 57.6 Å². The van der Waals surface area contributed by atoms with Gasteiger partial charge in [-0.05, 0) is 48.9 Å². The van der Waals surface area contributed by atoms with Gasteiger partial charge in [0.05, 0.1) is 22.2 Å². The van der Waals surface area contributed by atoms with Gasteiger partial charge in [-0.1, -0.05) is 35.3 Å². The van der Waals surface area contributed by atoms with Gasteiger partial charge in [-0.25, -0.2) is 4.39 Å². The second-order valence-electron chi connectivity index (χ2n) is 10.3. The van der Waals surface area contributed by atoms with Crippen molar-refractivity contribution in [3.8, 4) is 0 Å². The van der Waals surface area contributed by atoms with Crippen LogP contribution in [0, 0.1) is 5.82 Å².